The molecule has 0 saturated carbocycles. The van der Waals surface area contributed by atoms with Crippen LogP contribution in [0.15, 0.2) is 0 Å². The molecule has 0 spiro atoms. The summed E-state index contributed by atoms with van der Waals surface area (Å²) in [5, 5.41) is 35.5. The first-order valence-electron chi connectivity index (χ1n) is 20.9. The summed E-state index contributed by atoms with van der Waals surface area (Å²) in [6, 6.07) is 0. The molecule has 3 unspecified atom stereocenters. The second kappa shape index (κ2) is 36.0. The molecular weight excluding hydrogens is 862 g/mol. The number of carboxylic acid groups (broad SMARTS) is 4. The van der Waals surface area contributed by atoms with Crippen LogP contribution < -0.4 is 59.1 Å². The number of carbonyl (C=O) groups is 8. The Balaban J connectivity index is -0.00000290. The van der Waals surface area contributed by atoms with Gasteiger partial charge in [-0.15, -0.1) is 0 Å². The maximum atomic E-state index is 13.1. The third-order valence-electron chi connectivity index (χ3n) is 9.61. The van der Waals surface area contributed by atoms with Crippen LogP contribution in [0.3, 0.4) is 0 Å². The number of hydrogen-bond acceptors (Lipinski definition) is 14. The van der Waals surface area contributed by atoms with Crippen molar-refractivity contribution in [1.82, 2.24) is 0 Å². The first-order valence-corrected chi connectivity index (χ1v) is 22.4. The van der Waals surface area contributed by atoms with Crippen LogP contribution in [-0.4, -0.2) is 111 Å². The van der Waals surface area contributed by atoms with Gasteiger partial charge in [0, 0.05) is 0 Å². The molecule has 0 aliphatic carbocycles. The van der Waals surface area contributed by atoms with Crippen LogP contribution in [0.2, 0.25) is 0 Å². The van der Waals surface area contributed by atoms with E-state index in [9.17, 15) is 71.8 Å². The summed E-state index contributed by atoms with van der Waals surface area (Å²) in [6.07, 6.45) is 11.4. The quantitative estimate of drug-likeness (QED) is 0.0182. The zero-order valence-electron chi connectivity index (χ0n) is 39.0. The largest absolute Gasteiger partial charge is 1.00 e. The molecular formula is C40H68Na2O19S. The minimum Gasteiger partial charge on any atom is -1.00 e. The first kappa shape index (κ1) is 64.0. The van der Waals surface area contributed by atoms with Gasteiger partial charge in [0.2, 0.25) is 11.2 Å². The zero-order chi connectivity index (χ0) is 45.6. The number of esters is 4. The van der Waals surface area contributed by atoms with Crippen molar-refractivity contribution in [2.24, 2.45) is 0 Å². The van der Waals surface area contributed by atoms with Crippen molar-refractivity contribution in [2.75, 3.05) is 13.2 Å². The molecule has 0 rings (SSSR count). The van der Waals surface area contributed by atoms with Gasteiger partial charge in [0.1, 0.15) is 0 Å². The molecule has 0 radical (unpaired) electrons. The van der Waals surface area contributed by atoms with Crippen molar-refractivity contribution in [3.63, 3.8) is 0 Å². The van der Waals surface area contributed by atoms with Crippen LogP contribution in [0, 0.1) is 0 Å². The third kappa shape index (κ3) is 29.2. The van der Waals surface area contributed by atoms with E-state index in [0.29, 0.717) is 25.7 Å². The Morgan fingerprint density at radius 1 is 0.484 bits per heavy atom. The van der Waals surface area contributed by atoms with E-state index in [4.69, 9.17) is 18.9 Å². The van der Waals surface area contributed by atoms with E-state index in [2.05, 4.69) is 13.8 Å². The molecule has 0 saturated heterocycles. The van der Waals surface area contributed by atoms with Crippen molar-refractivity contribution < 1.29 is 153 Å². The van der Waals surface area contributed by atoms with Gasteiger partial charge in [0.25, 0.3) is 10.1 Å². The van der Waals surface area contributed by atoms with E-state index in [-0.39, 0.29) is 75.2 Å². The molecule has 0 bridgehead atoms. The van der Waals surface area contributed by atoms with Crippen molar-refractivity contribution >= 4 is 57.9 Å². The summed E-state index contributed by atoms with van der Waals surface area (Å²) in [5.74, 6) is -15.1. The van der Waals surface area contributed by atoms with Gasteiger partial charge in [0.05, 0.1) is 45.3 Å². The van der Waals surface area contributed by atoms with Crippen molar-refractivity contribution in [3.05, 3.63) is 0 Å². The van der Waals surface area contributed by atoms with Gasteiger partial charge >= 0.3 is 107 Å². The van der Waals surface area contributed by atoms with E-state index in [1.807, 2.05) is 0 Å². The monoisotopic (exact) mass is 930 g/mol. The molecule has 22 heteroatoms. The molecule has 19 nitrogen and oxygen atoms in total. The molecule has 0 heterocycles. The molecule has 62 heavy (non-hydrogen) atoms. The third-order valence-corrected chi connectivity index (χ3v) is 10.7. The molecule has 0 aromatic heterocycles. The second-order valence-electron chi connectivity index (χ2n) is 15.0. The Hall–Kier alpha value is -2.33. The minimum atomic E-state index is -5.79. The second-order valence-corrected chi connectivity index (χ2v) is 16.6. The van der Waals surface area contributed by atoms with E-state index < -0.39 is 106 Å². The van der Waals surface area contributed by atoms with Crippen molar-refractivity contribution in [1.29, 1.82) is 0 Å². The van der Waals surface area contributed by atoms with Gasteiger partial charge in [-0.3, -0.25) is 33.3 Å². The van der Waals surface area contributed by atoms with Crippen molar-refractivity contribution in [2.45, 2.75) is 191 Å². The minimum absolute atomic E-state index is 0. The fourth-order valence-electron chi connectivity index (χ4n) is 6.25. The topological polar surface area (TPSA) is 309 Å². The summed E-state index contributed by atoms with van der Waals surface area (Å²) in [5.41, 5.74) is -6.53. The average molecular weight is 931 g/mol. The number of unbranched alkanes of at least 4 members (excludes halogenated alkanes) is 18. The molecule has 5 N–H and O–H groups in total. The van der Waals surface area contributed by atoms with E-state index in [1.165, 1.54) is 25.7 Å². The fourth-order valence-corrected chi connectivity index (χ4v) is 6.88. The number of carbonyl (C=O) groups excluding carboxylic acids is 4. The SMILES string of the molecule is CCCCCCCCCCCCOC(=O)CC(CC(=O)O)(OC(=O)CC(C(=O)OC(CC(=O)O)(CC(=O)OCCCCCCCCCCCC)C(=O)O)S(=O)(=O)O)C(=O)O.[H-].[H-].[Na+].[Na+]. The Bertz CT molecular complexity index is 1500. The Labute approximate surface area is 411 Å². The van der Waals surface area contributed by atoms with Crippen LogP contribution in [0.4, 0.5) is 0 Å². The Kier molecular flexibility index (Phi) is 37.1. The average Bonchev–Trinajstić information content (AvgIpc) is 3.13. The zero-order valence-corrected chi connectivity index (χ0v) is 41.8. The van der Waals surface area contributed by atoms with Crippen LogP contribution >= 0.6 is 0 Å². The van der Waals surface area contributed by atoms with Crippen LogP contribution in [-0.2, 0) is 67.4 Å². The fraction of sp³-hybridized carbons (Fsp3) is 0.800. The van der Waals surface area contributed by atoms with Gasteiger partial charge in [-0.1, -0.05) is 129 Å². The van der Waals surface area contributed by atoms with Gasteiger partial charge in [-0.2, -0.15) is 8.42 Å². The predicted molar refractivity (Wildman–Crippen MR) is 214 cm³/mol. The summed E-state index contributed by atoms with van der Waals surface area (Å²) in [7, 11) is -5.79. The maximum absolute atomic E-state index is 13.1. The van der Waals surface area contributed by atoms with Crippen LogP contribution in [0.5, 0.6) is 0 Å². The molecule has 0 aromatic carbocycles. The van der Waals surface area contributed by atoms with Gasteiger partial charge in [-0.05, 0) is 12.8 Å². The molecule has 0 aromatic rings. The number of hydrogen-bond donors (Lipinski definition) is 5. The predicted octanol–water partition coefficient (Wildman–Crippen LogP) is 0.257. The smallest absolute Gasteiger partial charge is 1.00 e. The maximum Gasteiger partial charge on any atom is 1.00 e. The van der Waals surface area contributed by atoms with E-state index >= 15 is 0 Å². The molecule has 0 aliphatic rings. The number of ether oxygens (including phenoxy) is 4. The van der Waals surface area contributed by atoms with Crippen LogP contribution in [0.25, 0.3) is 0 Å². The van der Waals surface area contributed by atoms with E-state index in [0.717, 1.165) is 77.0 Å². The normalized spacial score (nSPS) is 13.4. The Morgan fingerprint density at radius 2 is 0.790 bits per heavy atom. The van der Waals surface area contributed by atoms with Crippen LogP contribution in [0.1, 0.15) is 177 Å². The molecule has 0 aliphatic heterocycles. The number of aliphatic carboxylic acids is 4. The van der Waals surface area contributed by atoms with Gasteiger partial charge in [0.15, 0.2) is 5.25 Å². The first-order chi connectivity index (χ1) is 28.2. The summed E-state index contributed by atoms with van der Waals surface area (Å²) >= 11 is 0. The summed E-state index contributed by atoms with van der Waals surface area (Å²) < 4.78 is 53.9. The standard InChI is InChI=1S/C40H66O19S.2Na.2H/c1-3-5-7-9-11-13-15-17-19-21-23-56-34(46)28-39(37(49)50,26-31(41)42)58-33(45)25-30(60(53,54)55)36(48)59-40(38(51)52,27-32(43)44)29-35(47)57-24-22-20-18-16-14-12-10-8-6-4-2;;;;/h30H,3-29H2,1-2H3,(H,41,42)(H,43,44)(H,49,50)(H,51,52)(H,53,54,55);;;;/q;2*+1;2*-1. The van der Waals surface area contributed by atoms with Crippen molar-refractivity contribution in [3.8, 4) is 0 Å². The van der Waals surface area contributed by atoms with Gasteiger partial charge in [-0.25, -0.2) is 9.59 Å². The summed E-state index contributed by atoms with van der Waals surface area (Å²) in [6.45, 7) is 3.86. The number of rotatable bonds is 38. The summed E-state index contributed by atoms with van der Waals surface area (Å²) in [4.78, 5) is 99.3. The molecule has 350 valence electrons. The van der Waals surface area contributed by atoms with Gasteiger partial charge < -0.3 is 42.2 Å². The molecule has 0 amide bonds. The van der Waals surface area contributed by atoms with E-state index in [1.54, 1.807) is 0 Å². The Morgan fingerprint density at radius 3 is 1.08 bits per heavy atom. The molecule has 3 atom stereocenters. The molecule has 0 fully saturated rings. The number of carboxylic acids is 4.